The molecular formula is C20H27F3N6. The highest BCUT2D eigenvalue weighted by molar-refractivity contribution is 5.79. The molecule has 158 valence electrons. The van der Waals surface area contributed by atoms with Crippen LogP contribution >= 0.6 is 0 Å². The smallest absolute Gasteiger partial charge is 0.356 e. The molecule has 2 aromatic rings. The van der Waals surface area contributed by atoms with Crippen LogP contribution in [-0.2, 0) is 32.1 Å². The normalized spacial score (nSPS) is 15.0. The number of aromatic nitrogens is 3. The van der Waals surface area contributed by atoms with Crippen molar-refractivity contribution in [3.05, 3.63) is 47.0 Å². The number of fused-ring (bicyclic) bond motifs is 1. The van der Waals surface area contributed by atoms with Gasteiger partial charge < -0.3 is 15.2 Å². The van der Waals surface area contributed by atoms with Crippen LogP contribution in [0.25, 0.3) is 0 Å². The Kier molecular flexibility index (Phi) is 7.11. The van der Waals surface area contributed by atoms with Gasteiger partial charge in [-0.25, -0.2) is 0 Å². The Morgan fingerprint density at radius 3 is 2.62 bits per heavy atom. The second-order valence-corrected chi connectivity index (χ2v) is 7.15. The number of alkyl halides is 3. The lowest BCUT2D eigenvalue weighted by atomic mass is 10.1. The molecule has 0 saturated heterocycles. The highest BCUT2D eigenvalue weighted by Gasteiger charge is 2.29. The molecule has 0 unspecified atom stereocenters. The number of aliphatic imine (C=N–C) groups is 1. The fraction of sp³-hybridized carbons (Fsp3) is 0.550. The standard InChI is InChI=1S/C20H27F3N6/c1-24-19(26-14-15-8-10-16(11-9-15)20(21,22)23)25-12-5-7-18-28-27-17-6-3-2-4-13-29(17)18/h8-11H,2-7,12-14H2,1H3,(H2,24,25,26). The molecule has 6 nitrogen and oxygen atoms in total. The Labute approximate surface area is 168 Å². The zero-order chi connectivity index (χ0) is 20.7. The molecule has 9 heteroatoms. The summed E-state index contributed by atoms with van der Waals surface area (Å²) in [6.07, 6.45) is 2.02. The second-order valence-electron chi connectivity index (χ2n) is 7.15. The topological polar surface area (TPSA) is 67.1 Å². The van der Waals surface area contributed by atoms with Gasteiger partial charge in [-0.15, -0.1) is 10.2 Å². The lowest BCUT2D eigenvalue weighted by molar-refractivity contribution is -0.137. The molecule has 3 rings (SSSR count). The summed E-state index contributed by atoms with van der Waals surface area (Å²) in [4.78, 5) is 4.16. The maximum absolute atomic E-state index is 12.6. The summed E-state index contributed by atoms with van der Waals surface area (Å²) in [5.74, 6) is 2.75. The van der Waals surface area contributed by atoms with E-state index in [1.54, 1.807) is 7.05 Å². The van der Waals surface area contributed by atoms with Crippen LogP contribution in [0.3, 0.4) is 0 Å². The second kappa shape index (κ2) is 9.76. The van der Waals surface area contributed by atoms with E-state index in [9.17, 15) is 13.2 Å². The van der Waals surface area contributed by atoms with E-state index in [4.69, 9.17) is 0 Å². The predicted molar refractivity (Wildman–Crippen MR) is 106 cm³/mol. The van der Waals surface area contributed by atoms with Crippen molar-refractivity contribution in [3.63, 3.8) is 0 Å². The fourth-order valence-corrected chi connectivity index (χ4v) is 3.40. The van der Waals surface area contributed by atoms with Crippen molar-refractivity contribution in [2.75, 3.05) is 13.6 Å². The van der Waals surface area contributed by atoms with E-state index in [2.05, 4.69) is 30.4 Å². The molecule has 0 saturated carbocycles. The first-order chi connectivity index (χ1) is 14.0. The first-order valence-corrected chi connectivity index (χ1v) is 9.99. The van der Waals surface area contributed by atoms with Crippen molar-refractivity contribution in [3.8, 4) is 0 Å². The quantitative estimate of drug-likeness (QED) is 0.437. The van der Waals surface area contributed by atoms with E-state index in [1.165, 1.54) is 31.4 Å². The third-order valence-corrected chi connectivity index (χ3v) is 5.02. The highest BCUT2D eigenvalue weighted by Crippen LogP contribution is 2.29. The molecule has 1 aliphatic rings. The lowest BCUT2D eigenvalue weighted by Crippen LogP contribution is -2.37. The first kappa shape index (κ1) is 21.1. The van der Waals surface area contributed by atoms with Gasteiger partial charge in [0.25, 0.3) is 0 Å². The summed E-state index contributed by atoms with van der Waals surface area (Å²) in [5, 5.41) is 15.0. The van der Waals surface area contributed by atoms with Gasteiger partial charge in [-0.3, -0.25) is 4.99 Å². The minimum atomic E-state index is -4.31. The molecule has 0 fully saturated rings. The Morgan fingerprint density at radius 1 is 1.10 bits per heavy atom. The average molecular weight is 408 g/mol. The molecule has 2 heterocycles. The first-order valence-electron chi connectivity index (χ1n) is 9.99. The number of benzene rings is 1. The van der Waals surface area contributed by atoms with Gasteiger partial charge in [-0.1, -0.05) is 18.6 Å². The van der Waals surface area contributed by atoms with E-state index in [1.807, 2.05) is 0 Å². The van der Waals surface area contributed by atoms with Crippen LogP contribution in [-0.4, -0.2) is 34.3 Å². The van der Waals surface area contributed by atoms with Crippen molar-refractivity contribution in [2.24, 2.45) is 4.99 Å². The fourth-order valence-electron chi connectivity index (χ4n) is 3.40. The van der Waals surface area contributed by atoms with Gasteiger partial charge in [-0.2, -0.15) is 13.2 Å². The Hall–Kier alpha value is -2.58. The molecule has 0 radical (unpaired) electrons. The summed E-state index contributed by atoms with van der Waals surface area (Å²) in [7, 11) is 1.67. The molecule has 0 bridgehead atoms. The van der Waals surface area contributed by atoms with Gasteiger partial charge in [-0.05, 0) is 37.0 Å². The van der Waals surface area contributed by atoms with Crippen LogP contribution < -0.4 is 10.6 Å². The molecular weight excluding hydrogens is 381 g/mol. The predicted octanol–water partition coefficient (Wildman–Crippen LogP) is 3.32. The summed E-state index contributed by atoms with van der Waals surface area (Å²) in [6.45, 7) is 2.12. The van der Waals surface area contributed by atoms with Gasteiger partial charge in [0.05, 0.1) is 5.56 Å². The molecule has 1 aliphatic heterocycles. The van der Waals surface area contributed by atoms with Crippen LogP contribution in [0.2, 0.25) is 0 Å². The van der Waals surface area contributed by atoms with E-state index >= 15 is 0 Å². The molecule has 0 atom stereocenters. The number of hydrogen-bond donors (Lipinski definition) is 2. The zero-order valence-corrected chi connectivity index (χ0v) is 16.6. The van der Waals surface area contributed by atoms with Crippen LogP contribution in [0.4, 0.5) is 13.2 Å². The number of halogens is 3. The maximum atomic E-state index is 12.6. The average Bonchev–Trinajstić information content (AvgIpc) is 2.93. The number of guanidine groups is 1. The number of hydrogen-bond acceptors (Lipinski definition) is 3. The Balaban J connectivity index is 1.41. The van der Waals surface area contributed by atoms with Crippen LogP contribution in [0, 0.1) is 0 Å². The minimum Gasteiger partial charge on any atom is -0.356 e. The third-order valence-electron chi connectivity index (χ3n) is 5.02. The van der Waals surface area contributed by atoms with Gasteiger partial charge in [0.15, 0.2) is 5.96 Å². The molecule has 29 heavy (non-hydrogen) atoms. The Bertz CT molecular complexity index is 811. The molecule has 0 amide bonds. The molecule has 1 aromatic carbocycles. The van der Waals surface area contributed by atoms with Crippen LogP contribution in [0.5, 0.6) is 0 Å². The monoisotopic (exact) mass is 408 g/mol. The molecule has 0 spiro atoms. The zero-order valence-electron chi connectivity index (χ0n) is 16.6. The Morgan fingerprint density at radius 2 is 1.90 bits per heavy atom. The summed E-state index contributed by atoms with van der Waals surface area (Å²) in [5.41, 5.74) is 0.113. The third kappa shape index (κ3) is 5.95. The van der Waals surface area contributed by atoms with Crippen molar-refractivity contribution in [2.45, 2.75) is 57.8 Å². The van der Waals surface area contributed by atoms with Crippen LogP contribution in [0.15, 0.2) is 29.3 Å². The van der Waals surface area contributed by atoms with Crippen molar-refractivity contribution in [1.82, 2.24) is 25.4 Å². The number of nitrogens with zero attached hydrogens (tertiary/aromatic N) is 4. The summed E-state index contributed by atoms with van der Waals surface area (Å²) in [6, 6.07) is 5.13. The highest BCUT2D eigenvalue weighted by atomic mass is 19.4. The van der Waals surface area contributed by atoms with Gasteiger partial charge >= 0.3 is 6.18 Å². The summed E-state index contributed by atoms with van der Waals surface area (Å²) < 4.78 is 40.1. The maximum Gasteiger partial charge on any atom is 0.416 e. The van der Waals surface area contributed by atoms with Crippen LogP contribution in [0.1, 0.15) is 48.5 Å². The van der Waals surface area contributed by atoms with Crippen molar-refractivity contribution in [1.29, 1.82) is 0 Å². The van der Waals surface area contributed by atoms with E-state index in [-0.39, 0.29) is 0 Å². The molecule has 0 aliphatic carbocycles. The van der Waals surface area contributed by atoms with Gasteiger partial charge in [0.2, 0.25) is 0 Å². The van der Waals surface area contributed by atoms with Gasteiger partial charge in [0, 0.05) is 39.5 Å². The SMILES string of the molecule is CN=C(NCCCc1nnc2n1CCCCC2)NCc1ccc(C(F)(F)F)cc1. The number of nitrogens with one attached hydrogen (secondary N) is 2. The van der Waals surface area contributed by atoms with Gasteiger partial charge in [0.1, 0.15) is 11.6 Å². The molecule has 1 aromatic heterocycles. The van der Waals surface area contributed by atoms with Crippen molar-refractivity contribution >= 4 is 5.96 Å². The molecule has 2 N–H and O–H groups in total. The largest absolute Gasteiger partial charge is 0.416 e. The summed E-state index contributed by atoms with van der Waals surface area (Å²) >= 11 is 0. The minimum absolute atomic E-state index is 0.398. The van der Waals surface area contributed by atoms with E-state index < -0.39 is 11.7 Å². The van der Waals surface area contributed by atoms with E-state index in [0.717, 1.165) is 61.7 Å². The van der Waals surface area contributed by atoms with Crippen molar-refractivity contribution < 1.29 is 13.2 Å². The van der Waals surface area contributed by atoms with E-state index in [0.29, 0.717) is 12.5 Å². The number of rotatable bonds is 6. The number of aryl methyl sites for hydroxylation is 2. The lowest BCUT2D eigenvalue weighted by Gasteiger charge is -2.13.